The molecule has 2 aliphatic heterocycles. The van der Waals surface area contributed by atoms with Gasteiger partial charge >= 0.3 is 18.0 Å². The van der Waals surface area contributed by atoms with Crippen molar-refractivity contribution in [3.63, 3.8) is 0 Å². The molecule has 0 saturated heterocycles. The van der Waals surface area contributed by atoms with Crippen LogP contribution in [-0.4, -0.2) is 43.2 Å². The van der Waals surface area contributed by atoms with Gasteiger partial charge in [-0.25, -0.2) is 9.59 Å². The molecule has 2 heterocycles. The van der Waals surface area contributed by atoms with Crippen LogP contribution in [-0.2, 0) is 23.9 Å². The van der Waals surface area contributed by atoms with Gasteiger partial charge in [-0.05, 0) is 36.8 Å². The van der Waals surface area contributed by atoms with Crippen LogP contribution in [0.1, 0.15) is 24.9 Å². The third-order valence-electron chi connectivity index (χ3n) is 5.29. The molecule has 0 saturated carbocycles. The molecule has 2 aromatic carbocycles. The Morgan fingerprint density at radius 3 is 2.51 bits per heavy atom. The molecule has 3 N–H and O–H groups in total. The number of amides is 3. The van der Waals surface area contributed by atoms with Crippen molar-refractivity contribution in [1.82, 2.24) is 10.6 Å². The van der Waals surface area contributed by atoms with E-state index in [1.165, 1.54) is 0 Å². The molecule has 0 fully saturated rings. The monoisotopic (exact) mass is 499 g/mol. The molecule has 0 unspecified atom stereocenters. The van der Waals surface area contributed by atoms with Gasteiger partial charge in [0.1, 0.15) is 12.4 Å². The van der Waals surface area contributed by atoms with Crippen LogP contribution in [0, 0.1) is 0 Å². The summed E-state index contributed by atoms with van der Waals surface area (Å²) in [5, 5.41) is 8.35. The van der Waals surface area contributed by atoms with Crippen molar-refractivity contribution in [3.8, 4) is 5.75 Å². The summed E-state index contributed by atoms with van der Waals surface area (Å²) in [6.07, 6.45) is -1.45. The summed E-state index contributed by atoms with van der Waals surface area (Å²) in [6.45, 7) is 1.33. The lowest BCUT2D eigenvalue weighted by Crippen LogP contribution is -2.47. The normalized spacial score (nSPS) is 18.9. The topological polar surface area (TPSA) is 132 Å². The maximum Gasteiger partial charge on any atom is 0.338 e. The number of ether oxygens (including phenoxy) is 3. The maximum atomic E-state index is 12.8. The van der Waals surface area contributed by atoms with Crippen LogP contribution in [0.25, 0.3) is 0 Å². The molecular formula is C24H22ClN3O7. The molecule has 4 rings (SSSR count). The number of rotatable bonds is 7. The first kappa shape index (κ1) is 24.1. The molecule has 2 atom stereocenters. The van der Waals surface area contributed by atoms with Crippen molar-refractivity contribution in [1.29, 1.82) is 0 Å². The first-order chi connectivity index (χ1) is 16.9. The fourth-order valence-corrected chi connectivity index (χ4v) is 3.80. The minimum absolute atomic E-state index is 0.0693. The molecule has 35 heavy (non-hydrogen) atoms. The number of anilines is 1. The van der Waals surface area contributed by atoms with Crippen LogP contribution < -0.4 is 20.7 Å². The van der Waals surface area contributed by atoms with Crippen LogP contribution in [0.5, 0.6) is 5.75 Å². The lowest BCUT2D eigenvalue weighted by molar-refractivity contribution is -0.147. The molecule has 11 heteroatoms. The second-order valence-corrected chi connectivity index (χ2v) is 8.09. The summed E-state index contributed by atoms with van der Waals surface area (Å²) in [5.41, 5.74) is 1.25. The van der Waals surface area contributed by atoms with Gasteiger partial charge in [-0.15, -0.1) is 0 Å². The highest BCUT2D eigenvalue weighted by molar-refractivity contribution is 6.30. The number of carbonyl (C=O) groups is 4. The summed E-state index contributed by atoms with van der Waals surface area (Å²) in [6, 6.07) is 12.0. The summed E-state index contributed by atoms with van der Waals surface area (Å²) >= 11 is 5.96. The highest BCUT2D eigenvalue weighted by Gasteiger charge is 2.35. The van der Waals surface area contributed by atoms with E-state index in [1.54, 1.807) is 55.5 Å². The fourth-order valence-electron chi connectivity index (χ4n) is 3.68. The second-order valence-electron chi connectivity index (χ2n) is 7.65. The van der Waals surface area contributed by atoms with E-state index in [2.05, 4.69) is 16.0 Å². The lowest BCUT2D eigenvalue weighted by atomic mass is 9.95. The highest BCUT2D eigenvalue weighted by atomic mass is 35.5. The molecular weight excluding hydrogens is 478 g/mol. The number of hydrogen-bond donors (Lipinski definition) is 3. The van der Waals surface area contributed by atoms with Gasteiger partial charge in [0, 0.05) is 5.02 Å². The highest BCUT2D eigenvalue weighted by Crippen LogP contribution is 2.31. The van der Waals surface area contributed by atoms with E-state index in [4.69, 9.17) is 25.8 Å². The van der Waals surface area contributed by atoms with Crippen molar-refractivity contribution < 1.29 is 33.4 Å². The van der Waals surface area contributed by atoms with Crippen LogP contribution >= 0.6 is 11.6 Å². The average molecular weight is 500 g/mol. The minimum atomic E-state index is -1.08. The van der Waals surface area contributed by atoms with Gasteiger partial charge < -0.3 is 30.2 Å². The Kier molecular flexibility index (Phi) is 7.21. The number of fused-ring (bicyclic) bond motifs is 1. The van der Waals surface area contributed by atoms with Crippen molar-refractivity contribution in [3.05, 3.63) is 70.4 Å². The molecule has 0 spiro atoms. The van der Waals surface area contributed by atoms with Crippen LogP contribution in [0.15, 0.2) is 59.8 Å². The quantitative estimate of drug-likeness (QED) is 0.499. The lowest BCUT2D eigenvalue weighted by Gasteiger charge is -2.29. The van der Waals surface area contributed by atoms with Crippen molar-refractivity contribution >= 4 is 41.2 Å². The SMILES string of the molecule is CCOC(=O)C1=C(COC(=O)C[C@@H]2Oc3ccccc3NC2=O)NC(=O)N[C@H]1c1ccc(Cl)cc1. The Morgan fingerprint density at radius 1 is 1.03 bits per heavy atom. The minimum Gasteiger partial charge on any atom is -0.478 e. The average Bonchev–Trinajstić information content (AvgIpc) is 2.83. The Morgan fingerprint density at radius 2 is 1.77 bits per heavy atom. The molecule has 2 aliphatic rings. The summed E-state index contributed by atoms with van der Waals surface area (Å²) in [4.78, 5) is 49.9. The predicted octanol–water partition coefficient (Wildman–Crippen LogP) is 2.84. The fraction of sp³-hybridized carbons (Fsp3) is 0.250. The number of urea groups is 1. The third-order valence-corrected chi connectivity index (χ3v) is 5.54. The molecule has 3 amide bonds. The predicted molar refractivity (Wildman–Crippen MR) is 125 cm³/mol. The second kappa shape index (κ2) is 10.5. The van der Waals surface area contributed by atoms with Gasteiger partial charge in [0.2, 0.25) is 0 Å². The van der Waals surface area contributed by atoms with Gasteiger partial charge in [-0.2, -0.15) is 0 Å². The number of nitrogens with one attached hydrogen (secondary N) is 3. The van der Waals surface area contributed by atoms with E-state index in [1.807, 2.05) is 0 Å². The van der Waals surface area contributed by atoms with Crippen LogP contribution in [0.4, 0.5) is 10.5 Å². The number of hydrogen-bond acceptors (Lipinski definition) is 7. The molecule has 2 aromatic rings. The van der Waals surface area contributed by atoms with Crippen LogP contribution in [0.3, 0.4) is 0 Å². The summed E-state index contributed by atoms with van der Waals surface area (Å²) in [5.74, 6) is -1.48. The third kappa shape index (κ3) is 5.55. The number of esters is 2. The zero-order valence-electron chi connectivity index (χ0n) is 18.6. The van der Waals surface area contributed by atoms with E-state index in [0.29, 0.717) is 22.0 Å². The number of carbonyl (C=O) groups excluding carboxylic acids is 4. The number of para-hydroxylation sites is 2. The van der Waals surface area contributed by atoms with E-state index in [0.717, 1.165) is 0 Å². The van der Waals surface area contributed by atoms with Crippen molar-refractivity contribution in [2.75, 3.05) is 18.5 Å². The largest absolute Gasteiger partial charge is 0.478 e. The van der Waals surface area contributed by atoms with E-state index < -0.39 is 42.6 Å². The molecule has 0 bridgehead atoms. The Balaban J connectivity index is 1.51. The number of benzene rings is 2. The standard InChI is InChI=1S/C24H22ClN3O7/c1-2-33-23(31)20-16(27-24(32)28-21(20)13-7-9-14(25)10-8-13)12-34-19(29)11-18-22(30)26-15-5-3-4-6-17(15)35-18/h3-10,18,21H,2,11-12H2,1H3,(H,26,30)(H2,27,28,32)/t18-,21-/m0/s1. The van der Waals surface area contributed by atoms with E-state index >= 15 is 0 Å². The summed E-state index contributed by atoms with van der Waals surface area (Å²) < 4.78 is 16.1. The van der Waals surface area contributed by atoms with Gasteiger partial charge in [-0.3, -0.25) is 9.59 Å². The van der Waals surface area contributed by atoms with E-state index in [9.17, 15) is 19.2 Å². The van der Waals surface area contributed by atoms with Gasteiger partial charge in [0.25, 0.3) is 5.91 Å². The van der Waals surface area contributed by atoms with Crippen molar-refractivity contribution in [2.24, 2.45) is 0 Å². The zero-order chi connectivity index (χ0) is 24.9. The number of halogens is 1. The van der Waals surface area contributed by atoms with Crippen molar-refractivity contribution in [2.45, 2.75) is 25.5 Å². The first-order valence-corrected chi connectivity index (χ1v) is 11.2. The molecule has 182 valence electrons. The zero-order valence-corrected chi connectivity index (χ0v) is 19.4. The van der Waals surface area contributed by atoms with Crippen LogP contribution in [0.2, 0.25) is 5.02 Å². The molecule has 10 nitrogen and oxygen atoms in total. The molecule has 0 aromatic heterocycles. The summed E-state index contributed by atoms with van der Waals surface area (Å²) in [7, 11) is 0. The smallest absolute Gasteiger partial charge is 0.338 e. The Bertz CT molecular complexity index is 1200. The van der Waals surface area contributed by atoms with E-state index in [-0.39, 0.29) is 24.3 Å². The first-order valence-electron chi connectivity index (χ1n) is 10.8. The molecule has 0 radical (unpaired) electrons. The van der Waals surface area contributed by atoms with Gasteiger partial charge in [-0.1, -0.05) is 35.9 Å². The van der Waals surface area contributed by atoms with Gasteiger partial charge in [0.05, 0.1) is 36.0 Å². The Hall–Kier alpha value is -4.05. The molecule has 0 aliphatic carbocycles. The van der Waals surface area contributed by atoms with Gasteiger partial charge in [0.15, 0.2) is 6.10 Å². The maximum absolute atomic E-state index is 12.8. The Labute approximate surface area is 205 Å².